The van der Waals surface area contributed by atoms with E-state index in [1.54, 1.807) is 4.68 Å². The van der Waals surface area contributed by atoms with Gasteiger partial charge < -0.3 is 14.8 Å². The van der Waals surface area contributed by atoms with Gasteiger partial charge in [0.1, 0.15) is 23.2 Å². The van der Waals surface area contributed by atoms with Crippen LogP contribution in [0.1, 0.15) is 31.0 Å². The Morgan fingerprint density at radius 2 is 1.62 bits per heavy atom. The van der Waals surface area contributed by atoms with Crippen molar-refractivity contribution >= 4 is 11.6 Å². The van der Waals surface area contributed by atoms with E-state index in [4.69, 9.17) is 9.47 Å². The van der Waals surface area contributed by atoms with E-state index in [9.17, 15) is 4.79 Å². The summed E-state index contributed by atoms with van der Waals surface area (Å²) >= 11 is 0. The molecule has 0 bridgehead atoms. The predicted molar refractivity (Wildman–Crippen MR) is 117 cm³/mol. The molecule has 0 radical (unpaired) electrons. The maximum Gasteiger partial charge on any atom is 0.288 e. The molecule has 32 heavy (non-hydrogen) atoms. The highest BCUT2D eigenvalue weighted by Gasteiger charge is 2.34. The van der Waals surface area contributed by atoms with Crippen LogP contribution in [-0.2, 0) is 0 Å². The zero-order valence-electron chi connectivity index (χ0n) is 17.6. The molecule has 3 heterocycles. The minimum atomic E-state index is -0.455. The first kappa shape index (κ1) is 19.7. The minimum Gasteiger partial charge on any atom is -0.494 e. The van der Waals surface area contributed by atoms with Gasteiger partial charge >= 0.3 is 0 Å². The van der Waals surface area contributed by atoms with Crippen LogP contribution in [0.25, 0.3) is 11.3 Å². The quantitative estimate of drug-likeness (QED) is 0.421. The second-order valence-electron chi connectivity index (χ2n) is 7.12. The molecule has 0 aliphatic carbocycles. The largest absolute Gasteiger partial charge is 0.494 e. The number of benzene rings is 2. The number of tetrazole rings is 1. The van der Waals surface area contributed by atoms with Crippen molar-refractivity contribution in [3.63, 3.8) is 0 Å². The van der Waals surface area contributed by atoms with E-state index in [0.717, 1.165) is 22.6 Å². The SMILES string of the molecule is CCOc1ccc(-c2n[nH]c(=O)c3c2[C@H](c2ccc(OCC)cc2)n2nnnc2N3)cc1. The maximum atomic E-state index is 12.7. The van der Waals surface area contributed by atoms with E-state index in [0.29, 0.717) is 36.1 Å². The number of nitrogens with one attached hydrogen (secondary N) is 2. The summed E-state index contributed by atoms with van der Waals surface area (Å²) in [6.45, 7) is 5.03. The van der Waals surface area contributed by atoms with Crippen molar-refractivity contribution in [3.8, 4) is 22.8 Å². The molecule has 10 nitrogen and oxygen atoms in total. The third-order valence-electron chi connectivity index (χ3n) is 5.21. The van der Waals surface area contributed by atoms with Crippen LogP contribution in [0.15, 0.2) is 53.3 Å². The molecule has 2 aromatic heterocycles. The fourth-order valence-corrected chi connectivity index (χ4v) is 3.85. The molecule has 1 aliphatic heterocycles. The lowest BCUT2D eigenvalue weighted by Gasteiger charge is -2.28. The lowest BCUT2D eigenvalue weighted by Crippen LogP contribution is -2.29. The molecule has 10 heteroatoms. The Kier molecular flexibility index (Phi) is 5.02. The monoisotopic (exact) mass is 431 g/mol. The van der Waals surface area contributed by atoms with Gasteiger partial charge in [0.25, 0.3) is 5.56 Å². The molecule has 0 amide bonds. The Morgan fingerprint density at radius 3 is 2.28 bits per heavy atom. The van der Waals surface area contributed by atoms with Crippen LogP contribution in [0, 0.1) is 0 Å². The maximum absolute atomic E-state index is 12.7. The number of H-pyrrole nitrogens is 1. The fourth-order valence-electron chi connectivity index (χ4n) is 3.85. The average molecular weight is 431 g/mol. The summed E-state index contributed by atoms with van der Waals surface area (Å²) in [5, 5.41) is 22.0. The van der Waals surface area contributed by atoms with Crippen LogP contribution in [0.4, 0.5) is 11.6 Å². The average Bonchev–Trinajstić information content (AvgIpc) is 3.28. The van der Waals surface area contributed by atoms with Crippen molar-refractivity contribution in [2.45, 2.75) is 19.9 Å². The van der Waals surface area contributed by atoms with Crippen LogP contribution in [-0.4, -0.2) is 43.6 Å². The van der Waals surface area contributed by atoms with Gasteiger partial charge in [0.2, 0.25) is 5.95 Å². The molecule has 0 fully saturated rings. The first-order valence-corrected chi connectivity index (χ1v) is 10.3. The van der Waals surface area contributed by atoms with Crippen LogP contribution in [0.2, 0.25) is 0 Å². The van der Waals surface area contributed by atoms with Crippen LogP contribution in [0.3, 0.4) is 0 Å². The zero-order valence-corrected chi connectivity index (χ0v) is 17.6. The number of ether oxygens (including phenoxy) is 2. The topological polar surface area (TPSA) is 120 Å². The molecule has 1 atom stereocenters. The summed E-state index contributed by atoms with van der Waals surface area (Å²) < 4.78 is 12.8. The summed E-state index contributed by atoms with van der Waals surface area (Å²) in [6.07, 6.45) is 0. The molecule has 162 valence electrons. The van der Waals surface area contributed by atoms with Crippen molar-refractivity contribution in [3.05, 3.63) is 70.0 Å². The summed E-state index contributed by atoms with van der Waals surface area (Å²) in [4.78, 5) is 12.7. The van der Waals surface area contributed by atoms with Gasteiger partial charge in [-0.1, -0.05) is 17.2 Å². The normalized spacial score (nSPS) is 14.2. The van der Waals surface area contributed by atoms with Gasteiger partial charge in [-0.25, -0.2) is 5.10 Å². The number of hydrogen-bond acceptors (Lipinski definition) is 8. The number of nitrogens with zero attached hydrogens (tertiary/aromatic N) is 5. The Balaban J connectivity index is 1.68. The summed E-state index contributed by atoms with van der Waals surface area (Å²) in [5.41, 5.74) is 3.04. The molecule has 0 saturated carbocycles. The van der Waals surface area contributed by atoms with Crippen LogP contribution >= 0.6 is 0 Å². The van der Waals surface area contributed by atoms with E-state index in [-0.39, 0.29) is 5.56 Å². The smallest absolute Gasteiger partial charge is 0.288 e. The van der Waals surface area contributed by atoms with E-state index in [2.05, 4.69) is 31.0 Å². The number of aromatic amines is 1. The minimum absolute atomic E-state index is 0.347. The highest BCUT2D eigenvalue weighted by Crippen LogP contribution is 2.41. The number of anilines is 2. The van der Waals surface area contributed by atoms with Crippen LogP contribution in [0.5, 0.6) is 11.5 Å². The molecule has 0 saturated heterocycles. The van der Waals surface area contributed by atoms with Gasteiger partial charge in [-0.2, -0.15) is 9.78 Å². The molecule has 1 aliphatic rings. The molecule has 5 rings (SSSR count). The van der Waals surface area contributed by atoms with Crippen molar-refractivity contribution in [1.82, 2.24) is 30.4 Å². The van der Waals surface area contributed by atoms with Gasteiger partial charge in [0, 0.05) is 11.1 Å². The molecule has 0 unspecified atom stereocenters. The van der Waals surface area contributed by atoms with Crippen molar-refractivity contribution < 1.29 is 9.47 Å². The number of hydrogen-bond donors (Lipinski definition) is 2. The Hall–Kier alpha value is -4.21. The number of aromatic nitrogens is 6. The van der Waals surface area contributed by atoms with E-state index in [1.807, 2.05) is 62.4 Å². The van der Waals surface area contributed by atoms with Crippen molar-refractivity contribution in [2.75, 3.05) is 18.5 Å². The third kappa shape index (κ3) is 3.35. The Bertz CT molecular complexity index is 1300. The second kappa shape index (κ2) is 8.14. The first-order valence-electron chi connectivity index (χ1n) is 10.3. The van der Waals surface area contributed by atoms with Crippen LogP contribution < -0.4 is 20.3 Å². The van der Waals surface area contributed by atoms with Gasteiger partial charge in [-0.05, 0) is 66.2 Å². The van der Waals surface area contributed by atoms with Crippen molar-refractivity contribution in [2.24, 2.45) is 0 Å². The molecule has 0 spiro atoms. The van der Waals surface area contributed by atoms with E-state index < -0.39 is 6.04 Å². The fraction of sp³-hybridized carbons (Fsp3) is 0.227. The highest BCUT2D eigenvalue weighted by atomic mass is 16.5. The van der Waals surface area contributed by atoms with E-state index >= 15 is 0 Å². The summed E-state index contributed by atoms with van der Waals surface area (Å²) in [6, 6.07) is 14.8. The number of fused-ring (bicyclic) bond motifs is 2. The number of rotatable bonds is 6. The predicted octanol–water partition coefficient (Wildman–Crippen LogP) is 2.92. The lowest BCUT2D eigenvalue weighted by molar-refractivity contribution is 0.340. The second-order valence-corrected chi connectivity index (χ2v) is 7.12. The Labute approximate surface area is 183 Å². The first-order chi connectivity index (χ1) is 15.7. The summed E-state index contributed by atoms with van der Waals surface area (Å²) in [7, 11) is 0. The van der Waals surface area contributed by atoms with Gasteiger partial charge in [0.05, 0.1) is 18.9 Å². The van der Waals surface area contributed by atoms with Crippen molar-refractivity contribution in [1.29, 1.82) is 0 Å². The highest BCUT2D eigenvalue weighted by molar-refractivity contribution is 5.75. The van der Waals surface area contributed by atoms with E-state index in [1.165, 1.54) is 0 Å². The summed E-state index contributed by atoms with van der Waals surface area (Å²) in [5.74, 6) is 1.90. The Morgan fingerprint density at radius 1 is 0.969 bits per heavy atom. The molecular formula is C22H21N7O3. The molecule has 2 N–H and O–H groups in total. The van der Waals surface area contributed by atoms with Gasteiger partial charge in [-0.3, -0.25) is 4.79 Å². The zero-order chi connectivity index (χ0) is 22.1. The standard InChI is InChI=1S/C22H21N7O3/c1-3-31-15-9-5-13(6-10-15)18-17-19(21(30)25-24-18)23-22-26-27-28-29(22)20(17)14-7-11-16(12-8-14)32-4-2/h5-12,20H,3-4H2,1-2H3,(H,25,30)(H,23,26,28)/t20-/m0/s1. The lowest BCUT2D eigenvalue weighted by atomic mass is 9.92. The molecule has 4 aromatic rings. The third-order valence-corrected chi connectivity index (χ3v) is 5.21. The van der Waals surface area contributed by atoms with Gasteiger partial charge in [-0.15, -0.1) is 0 Å². The van der Waals surface area contributed by atoms with Gasteiger partial charge in [0.15, 0.2) is 0 Å². The molecule has 2 aromatic carbocycles. The molecular weight excluding hydrogens is 410 g/mol.